The second-order valence-electron chi connectivity index (χ2n) is 3.38. The van der Waals surface area contributed by atoms with Crippen molar-refractivity contribution >= 4 is 11.6 Å². The number of nitrogens with zero attached hydrogens (tertiary/aromatic N) is 2. The molecule has 0 aliphatic rings. The van der Waals surface area contributed by atoms with Crippen molar-refractivity contribution in [2.75, 3.05) is 5.43 Å². The van der Waals surface area contributed by atoms with E-state index in [1.54, 1.807) is 13.0 Å². The van der Waals surface area contributed by atoms with Crippen molar-refractivity contribution in [2.45, 2.75) is 13.5 Å². The summed E-state index contributed by atoms with van der Waals surface area (Å²) in [6.07, 6.45) is 0. The highest BCUT2D eigenvalue weighted by Crippen LogP contribution is 2.10. The maximum absolute atomic E-state index is 11.3. The lowest BCUT2D eigenvalue weighted by Gasteiger charge is -2.07. The fourth-order valence-electron chi connectivity index (χ4n) is 1.38. The molecule has 0 aliphatic heterocycles. The first-order valence-corrected chi connectivity index (χ1v) is 5.17. The molecule has 16 heavy (non-hydrogen) atoms. The minimum Gasteiger partial charge on any atom is -0.316 e. The Bertz CT molecular complexity index is 546. The summed E-state index contributed by atoms with van der Waals surface area (Å²) in [5.74, 6) is 0.590. The first-order valence-electron chi connectivity index (χ1n) is 4.79. The van der Waals surface area contributed by atoms with E-state index in [0.29, 0.717) is 17.4 Å². The van der Waals surface area contributed by atoms with Gasteiger partial charge in [-0.3, -0.25) is 0 Å². The van der Waals surface area contributed by atoms with Crippen LogP contribution in [0.4, 0.5) is 0 Å². The average molecular weight is 239 g/mol. The lowest BCUT2D eigenvalue weighted by molar-refractivity contribution is 0.777. The molecule has 0 spiro atoms. The first kappa shape index (κ1) is 10.8. The average Bonchev–Trinajstić information content (AvgIpc) is 2.56. The lowest BCUT2D eigenvalue weighted by Crippen LogP contribution is -2.27. The molecule has 0 saturated carbocycles. The SMILES string of the molecule is Cc1n[nH]c(=O)n1NCc1cccc(Cl)c1. The third-order valence-electron chi connectivity index (χ3n) is 2.17. The summed E-state index contributed by atoms with van der Waals surface area (Å²) < 4.78 is 1.36. The van der Waals surface area contributed by atoms with Crippen LogP contribution in [0.3, 0.4) is 0 Å². The fourth-order valence-corrected chi connectivity index (χ4v) is 1.59. The van der Waals surface area contributed by atoms with Crippen LogP contribution >= 0.6 is 11.6 Å². The molecular formula is C10H11ClN4O. The minimum atomic E-state index is -0.278. The third kappa shape index (κ3) is 2.25. The summed E-state index contributed by atoms with van der Waals surface area (Å²) in [5, 5.41) is 6.81. The molecule has 2 N–H and O–H groups in total. The summed E-state index contributed by atoms with van der Waals surface area (Å²) in [6, 6.07) is 7.44. The molecule has 0 amide bonds. The van der Waals surface area contributed by atoms with Crippen LogP contribution < -0.4 is 11.1 Å². The quantitative estimate of drug-likeness (QED) is 0.847. The smallest absolute Gasteiger partial charge is 0.316 e. The first-order chi connectivity index (χ1) is 7.66. The number of hydrogen-bond acceptors (Lipinski definition) is 3. The Hall–Kier alpha value is -1.75. The van der Waals surface area contributed by atoms with Crippen molar-refractivity contribution in [3.05, 3.63) is 51.2 Å². The zero-order valence-electron chi connectivity index (χ0n) is 8.70. The number of hydrogen-bond donors (Lipinski definition) is 2. The topological polar surface area (TPSA) is 62.7 Å². The molecular weight excluding hydrogens is 228 g/mol. The third-order valence-corrected chi connectivity index (χ3v) is 2.41. The zero-order chi connectivity index (χ0) is 11.5. The van der Waals surface area contributed by atoms with E-state index in [9.17, 15) is 4.79 Å². The van der Waals surface area contributed by atoms with Crippen LogP contribution in [-0.2, 0) is 6.54 Å². The van der Waals surface area contributed by atoms with Crippen molar-refractivity contribution in [1.82, 2.24) is 14.9 Å². The summed E-state index contributed by atoms with van der Waals surface area (Å²) in [6.45, 7) is 2.25. The molecule has 2 rings (SSSR count). The normalized spacial score (nSPS) is 10.4. The van der Waals surface area contributed by atoms with Gasteiger partial charge in [-0.25, -0.2) is 9.89 Å². The van der Waals surface area contributed by atoms with E-state index in [1.807, 2.05) is 18.2 Å². The molecule has 1 aromatic heterocycles. The molecule has 0 unspecified atom stereocenters. The van der Waals surface area contributed by atoms with E-state index in [0.717, 1.165) is 5.56 Å². The van der Waals surface area contributed by atoms with Crippen LogP contribution in [0.2, 0.25) is 5.02 Å². The van der Waals surface area contributed by atoms with Gasteiger partial charge in [0.15, 0.2) is 0 Å². The van der Waals surface area contributed by atoms with Crippen LogP contribution in [0.25, 0.3) is 0 Å². The van der Waals surface area contributed by atoms with Crippen molar-refractivity contribution in [3.63, 3.8) is 0 Å². The number of H-pyrrole nitrogens is 1. The fraction of sp³-hybridized carbons (Fsp3) is 0.200. The second-order valence-corrected chi connectivity index (χ2v) is 3.81. The van der Waals surface area contributed by atoms with Gasteiger partial charge in [-0.05, 0) is 24.6 Å². The lowest BCUT2D eigenvalue weighted by atomic mass is 10.2. The van der Waals surface area contributed by atoms with Gasteiger partial charge in [0.05, 0.1) is 6.54 Å². The van der Waals surface area contributed by atoms with Crippen LogP contribution in [0, 0.1) is 6.92 Å². The van der Waals surface area contributed by atoms with E-state index in [4.69, 9.17) is 11.6 Å². The molecule has 5 nitrogen and oxygen atoms in total. The van der Waals surface area contributed by atoms with E-state index in [1.165, 1.54) is 4.68 Å². The highest BCUT2D eigenvalue weighted by atomic mass is 35.5. The molecule has 0 bridgehead atoms. The van der Waals surface area contributed by atoms with E-state index in [2.05, 4.69) is 15.6 Å². The van der Waals surface area contributed by atoms with Gasteiger partial charge in [-0.2, -0.15) is 9.77 Å². The van der Waals surface area contributed by atoms with Gasteiger partial charge in [0, 0.05) is 5.02 Å². The molecule has 2 aromatic rings. The molecule has 0 aliphatic carbocycles. The Kier molecular flexibility index (Phi) is 2.96. The Morgan fingerprint density at radius 2 is 2.38 bits per heavy atom. The Morgan fingerprint density at radius 3 is 3.00 bits per heavy atom. The Morgan fingerprint density at radius 1 is 1.56 bits per heavy atom. The monoisotopic (exact) mass is 238 g/mol. The number of rotatable bonds is 3. The van der Waals surface area contributed by atoms with Gasteiger partial charge in [-0.1, -0.05) is 23.7 Å². The van der Waals surface area contributed by atoms with Gasteiger partial charge in [-0.15, -0.1) is 0 Å². The number of nitrogens with one attached hydrogen (secondary N) is 2. The molecule has 0 atom stereocenters. The van der Waals surface area contributed by atoms with Gasteiger partial charge < -0.3 is 5.43 Å². The van der Waals surface area contributed by atoms with Crippen LogP contribution in [-0.4, -0.2) is 14.9 Å². The number of halogens is 1. The molecule has 0 radical (unpaired) electrons. The molecule has 0 fully saturated rings. The molecule has 1 heterocycles. The summed E-state index contributed by atoms with van der Waals surface area (Å²) >= 11 is 5.85. The maximum atomic E-state index is 11.3. The van der Waals surface area contributed by atoms with Crippen molar-refractivity contribution in [1.29, 1.82) is 0 Å². The summed E-state index contributed by atoms with van der Waals surface area (Å²) in [7, 11) is 0. The minimum absolute atomic E-state index is 0.278. The second kappa shape index (κ2) is 4.40. The standard InChI is InChI=1S/C10H11ClN4O/c1-7-13-14-10(16)15(7)12-6-8-3-2-4-9(11)5-8/h2-5,12H,6H2,1H3,(H,14,16). The molecule has 84 valence electrons. The van der Waals surface area contributed by atoms with Crippen molar-refractivity contribution in [3.8, 4) is 0 Å². The number of aromatic amines is 1. The predicted molar refractivity (Wildman–Crippen MR) is 62.1 cm³/mol. The molecule has 0 saturated heterocycles. The zero-order valence-corrected chi connectivity index (χ0v) is 9.45. The molecule has 1 aromatic carbocycles. The van der Waals surface area contributed by atoms with E-state index < -0.39 is 0 Å². The largest absolute Gasteiger partial charge is 0.362 e. The van der Waals surface area contributed by atoms with Crippen LogP contribution in [0.1, 0.15) is 11.4 Å². The molecule has 6 heteroatoms. The van der Waals surface area contributed by atoms with Gasteiger partial charge in [0.2, 0.25) is 0 Å². The number of benzene rings is 1. The summed E-state index contributed by atoms with van der Waals surface area (Å²) in [4.78, 5) is 11.3. The number of aryl methyl sites for hydroxylation is 1. The van der Waals surface area contributed by atoms with Gasteiger partial charge in [0.1, 0.15) is 5.82 Å². The highest BCUT2D eigenvalue weighted by Gasteiger charge is 2.02. The van der Waals surface area contributed by atoms with Crippen LogP contribution in [0.5, 0.6) is 0 Å². The van der Waals surface area contributed by atoms with Crippen LogP contribution in [0.15, 0.2) is 29.1 Å². The Labute approximate surface area is 97.0 Å². The van der Waals surface area contributed by atoms with E-state index in [-0.39, 0.29) is 5.69 Å². The van der Waals surface area contributed by atoms with Crippen molar-refractivity contribution in [2.24, 2.45) is 0 Å². The summed E-state index contributed by atoms with van der Waals surface area (Å²) in [5.41, 5.74) is 3.68. The maximum Gasteiger partial charge on any atom is 0.362 e. The van der Waals surface area contributed by atoms with Crippen molar-refractivity contribution < 1.29 is 0 Å². The van der Waals surface area contributed by atoms with Gasteiger partial charge in [0.25, 0.3) is 0 Å². The number of aromatic nitrogens is 3. The van der Waals surface area contributed by atoms with Gasteiger partial charge >= 0.3 is 5.69 Å². The predicted octanol–water partition coefficient (Wildman–Crippen LogP) is 1.28. The van der Waals surface area contributed by atoms with E-state index >= 15 is 0 Å². The highest BCUT2D eigenvalue weighted by molar-refractivity contribution is 6.30. The Balaban J connectivity index is 2.11.